The summed E-state index contributed by atoms with van der Waals surface area (Å²) in [5.41, 5.74) is 1.26. The van der Waals surface area contributed by atoms with Crippen LogP contribution in [0.2, 0.25) is 0 Å². The fraction of sp³-hybridized carbons (Fsp3) is 0.667. The summed E-state index contributed by atoms with van der Waals surface area (Å²) in [6.45, 7) is 12.5. The van der Waals surface area contributed by atoms with E-state index in [0.29, 0.717) is 0 Å². The summed E-state index contributed by atoms with van der Waals surface area (Å²) in [5.74, 6) is 1.86. The van der Waals surface area contributed by atoms with Crippen LogP contribution < -0.4 is 15.4 Å². The molecule has 1 aliphatic rings. The summed E-state index contributed by atoms with van der Waals surface area (Å²) < 4.78 is 11.1. The Hall–Kier alpha value is -1.79. The Kier molecular flexibility index (Phi) is 10.7. The van der Waals surface area contributed by atoms with E-state index in [0.717, 1.165) is 90.1 Å². The third-order valence-corrected chi connectivity index (χ3v) is 4.50. The van der Waals surface area contributed by atoms with Crippen molar-refractivity contribution in [3.05, 3.63) is 29.8 Å². The van der Waals surface area contributed by atoms with Gasteiger partial charge in [0.25, 0.3) is 0 Å². The predicted molar refractivity (Wildman–Crippen MR) is 112 cm³/mol. The highest BCUT2D eigenvalue weighted by molar-refractivity contribution is 5.79. The molecule has 0 aromatic heterocycles. The van der Waals surface area contributed by atoms with Crippen molar-refractivity contribution >= 4 is 5.96 Å². The second-order valence-electron chi connectivity index (χ2n) is 6.86. The molecule has 1 fully saturated rings. The molecule has 1 heterocycles. The van der Waals surface area contributed by atoms with Gasteiger partial charge in [0, 0.05) is 39.3 Å². The van der Waals surface area contributed by atoms with E-state index in [9.17, 15) is 0 Å². The molecular weight excluding hydrogens is 340 g/mol. The van der Waals surface area contributed by atoms with Crippen molar-refractivity contribution in [3.8, 4) is 5.75 Å². The zero-order chi connectivity index (χ0) is 19.2. The highest BCUT2D eigenvalue weighted by atomic mass is 16.5. The smallest absolute Gasteiger partial charge is 0.191 e. The van der Waals surface area contributed by atoms with Crippen LogP contribution in [0.15, 0.2) is 29.3 Å². The first-order valence-electron chi connectivity index (χ1n) is 10.3. The number of nitrogens with zero attached hydrogens (tertiary/aromatic N) is 2. The van der Waals surface area contributed by atoms with Crippen LogP contribution in [0.4, 0.5) is 0 Å². The van der Waals surface area contributed by atoms with Gasteiger partial charge in [-0.15, -0.1) is 0 Å². The van der Waals surface area contributed by atoms with Gasteiger partial charge in [-0.3, -0.25) is 9.89 Å². The molecule has 0 atom stereocenters. The minimum Gasteiger partial charge on any atom is -0.494 e. The third-order valence-electron chi connectivity index (χ3n) is 4.50. The van der Waals surface area contributed by atoms with Gasteiger partial charge in [0.05, 0.1) is 19.8 Å². The lowest BCUT2D eigenvalue weighted by atomic mass is 10.2. The molecule has 0 bridgehead atoms. The Morgan fingerprint density at radius 3 is 2.63 bits per heavy atom. The Morgan fingerprint density at radius 2 is 1.89 bits per heavy atom. The lowest BCUT2D eigenvalue weighted by molar-refractivity contribution is 0.0377. The van der Waals surface area contributed by atoms with Crippen molar-refractivity contribution < 1.29 is 9.47 Å². The molecule has 27 heavy (non-hydrogen) atoms. The fourth-order valence-electron chi connectivity index (χ4n) is 2.91. The molecule has 1 aromatic carbocycles. The second kappa shape index (κ2) is 13.4. The minimum absolute atomic E-state index is 0.748. The number of hydrogen-bond donors (Lipinski definition) is 2. The number of morpholine rings is 1. The molecular formula is C21H36N4O2. The second-order valence-corrected chi connectivity index (χ2v) is 6.86. The molecule has 152 valence electrons. The molecule has 6 nitrogen and oxygen atoms in total. The van der Waals surface area contributed by atoms with Crippen LogP contribution in [-0.4, -0.2) is 69.9 Å². The maximum absolute atomic E-state index is 5.77. The Bertz CT molecular complexity index is 527. The van der Waals surface area contributed by atoms with Crippen LogP contribution in [0.1, 0.15) is 31.7 Å². The van der Waals surface area contributed by atoms with E-state index in [2.05, 4.69) is 46.5 Å². The highest BCUT2D eigenvalue weighted by Crippen LogP contribution is 2.11. The van der Waals surface area contributed by atoms with Crippen molar-refractivity contribution in [2.75, 3.05) is 59.1 Å². The summed E-state index contributed by atoms with van der Waals surface area (Å²) in [6.07, 6.45) is 3.17. The van der Waals surface area contributed by atoms with E-state index in [1.807, 2.05) is 12.1 Å². The van der Waals surface area contributed by atoms with Gasteiger partial charge in [-0.25, -0.2) is 0 Å². The van der Waals surface area contributed by atoms with Gasteiger partial charge in [0.15, 0.2) is 5.96 Å². The van der Waals surface area contributed by atoms with Gasteiger partial charge in [0.1, 0.15) is 5.75 Å². The van der Waals surface area contributed by atoms with Gasteiger partial charge in [-0.05, 0) is 45.2 Å². The van der Waals surface area contributed by atoms with Crippen molar-refractivity contribution in [2.45, 2.75) is 33.1 Å². The lowest BCUT2D eigenvalue weighted by Gasteiger charge is -2.26. The highest BCUT2D eigenvalue weighted by Gasteiger charge is 2.08. The summed E-state index contributed by atoms with van der Waals surface area (Å²) in [7, 11) is 0. The predicted octanol–water partition coefficient (Wildman–Crippen LogP) is 2.43. The molecule has 0 amide bonds. The van der Waals surface area contributed by atoms with E-state index in [1.54, 1.807) is 0 Å². The number of guanidine groups is 1. The number of unbranched alkanes of at least 4 members (excludes halogenated alkanes) is 1. The minimum atomic E-state index is 0.748. The Morgan fingerprint density at radius 1 is 1.11 bits per heavy atom. The van der Waals surface area contributed by atoms with Gasteiger partial charge < -0.3 is 20.1 Å². The zero-order valence-corrected chi connectivity index (χ0v) is 17.0. The molecule has 1 aliphatic heterocycles. The summed E-state index contributed by atoms with van der Waals surface area (Å²) in [6, 6.07) is 8.21. The summed E-state index contributed by atoms with van der Waals surface area (Å²) in [4.78, 5) is 7.13. The molecule has 0 radical (unpaired) electrons. The molecule has 0 unspecified atom stereocenters. The van der Waals surface area contributed by atoms with Crippen molar-refractivity contribution in [1.82, 2.24) is 15.5 Å². The van der Waals surface area contributed by atoms with E-state index in [1.165, 1.54) is 5.56 Å². The summed E-state index contributed by atoms with van der Waals surface area (Å²) >= 11 is 0. The number of hydrogen-bond acceptors (Lipinski definition) is 4. The first kappa shape index (κ1) is 21.5. The standard InChI is InChI=1S/C21H36N4O2/c1-3-22-21(24-12-6-13-25-14-17-26-18-15-25)23-11-4-5-16-27-20-9-7-19(2)8-10-20/h7-10H,3-6,11-18H2,1-2H3,(H2,22,23,24). The van der Waals surface area contributed by atoms with Gasteiger partial charge >= 0.3 is 0 Å². The Balaban J connectivity index is 1.54. The largest absolute Gasteiger partial charge is 0.494 e. The Labute approximate surface area is 164 Å². The average molecular weight is 377 g/mol. The maximum atomic E-state index is 5.77. The molecule has 2 rings (SSSR count). The maximum Gasteiger partial charge on any atom is 0.191 e. The molecule has 0 spiro atoms. The average Bonchev–Trinajstić information content (AvgIpc) is 2.70. The number of rotatable bonds is 11. The molecule has 1 aromatic rings. The number of benzene rings is 1. The van der Waals surface area contributed by atoms with Crippen LogP contribution in [0.3, 0.4) is 0 Å². The lowest BCUT2D eigenvalue weighted by Crippen LogP contribution is -2.38. The number of nitrogens with one attached hydrogen (secondary N) is 2. The number of aryl methyl sites for hydroxylation is 1. The van der Waals surface area contributed by atoms with E-state index in [4.69, 9.17) is 9.47 Å². The van der Waals surface area contributed by atoms with Gasteiger partial charge in [0.2, 0.25) is 0 Å². The fourth-order valence-corrected chi connectivity index (χ4v) is 2.91. The molecule has 0 aliphatic carbocycles. The summed E-state index contributed by atoms with van der Waals surface area (Å²) in [5, 5.41) is 6.73. The van der Waals surface area contributed by atoms with Crippen LogP contribution in [0.5, 0.6) is 5.75 Å². The zero-order valence-electron chi connectivity index (χ0n) is 17.0. The molecule has 2 N–H and O–H groups in total. The van der Waals surface area contributed by atoms with E-state index in [-0.39, 0.29) is 0 Å². The SMILES string of the molecule is CCNC(=NCCCN1CCOCC1)NCCCCOc1ccc(C)cc1. The van der Waals surface area contributed by atoms with Crippen molar-refractivity contribution in [2.24, 2.45) is 4.99 Å². The van der Waals surface area contributed by atoms with Crippen LogP contribution in [-0.2, 0) is 4.74 Å². The van der Waals surface area contributed by atoms with Crippen LogP contribution in [0.25, 0.3) is 0 Å². The van der Waals surface area contributed by atoms with E-state index < -0.39 is 0 Å². The molecule has 0 saturated carbocycles. The molecule has 1 saturated heterocycles. The topological polar surface area (TPSA) is 58.1 Å². The first-order chi connectivity index (χ1) is 13.3. The van der Waals surface area contributed by atoms with Gasteiger partial charge in [-0.1, -0.05) is 17.7 Å². The monoisotopic (exact) mass is 376 g/mol. The normalized spacial score (nSPS) is 15.6. The van der Waals surface area contributed by atoms with Crippen molar-refractivity contribution in [3.63, 3.8) is 0 Å². The third kappa shape index (κ3) is 9.63. The number of ether oxygens (including phenoxy) is 2. The quantitative estimate of drug-likeness (QED) is 0.353. The first-order valence-corrected chi connectivity index (χ1v) is 10.3. The molecule has 6 heteroatoms. The van der Waals surface area contributed by atoms with Crippen molar-refractivity contribution in [1.29, 1.82) is 0 Å². The number of aliphatic imine (C=N–C) groups is 1. The van der Waals surface area contributed by atoms with Crippen LogP contribution >= 0.6 is 0 Å². The van der Waals surface area contributed by atoms with E-state index >= 15 is 0 Å². The van der Waals surface area contributed by atoms with Gasteiger partial charge in [-0.2, -0.15) is 0 Å². The van der Waals surface area contributed by atoms with Crippen LogP contribution in [0, 0.1) is 6.92 Å².